The molecule has 2 amide bonds. The third kappa shape index (κ3) is 2.72. The van der Waals surface area contributed by atoms with Crippen molar-refractivity contribution in [2.45, 2.75) is 0 Å². The molecule has 0 spiro atoms. The van der Waals surface area contributed by atoms with Crippen LogP contribution in [0.25, 0.3) is 44.2 Å². The van der Waals surface area contributed by atoms with Gasteiger partial charge < -0.3 is 13.7 Å². The highest BCUT2D eigenvalue weighted by molar-refractivity contribution is 6.50. The van der Waals surface area contributed by atoms with Gasteiger partial charge in [0.05, 0.1) is 29.4 Å². The Kier molecular flexibility index (Phi) is 3.98. The summed E-state index contributed by atoms with van der Waals surface area (Å²) in [5.74, 6) is -0.735. The quantitative estimate of drug-likeness (QED) is 0.440. The number of aromatic nitrogens is 4. The second-order valence-electron chi connectivity index (χ2n) is 8.48. The molecule has 1 aliphatic heterocycles. The maximum atomic E-state index is 13.0. The smallest absolute Gasteiger partial charge is 0.259 e. The molecule has 0 saturated carbocycles. The molecular formula is C26H21N5O2. The fraction of sp³-hybridized carbons (Fsp3) is 0.115. The zero-order valence-electron chi connectivity index (χ0n) is 18.5. The molecular weight excluding hydrogens is 414 g/mol. The van der Waals surface area contributed by atoms with Crippen molar-refractivity contribution in [2.24, 2.45) is 21.1 Å². The lowest BCUT2D eigenvalue weighted by atomic mass is 9.95. The monoisotopic (exact) mass is 435 g/mol. The molecule has 1 aliphatic rings. The highest BCUT2D eigenvalue weighted by Gasteiger charge is 2.35. The van der Waals surface area contributed by atoms with Gasteiger partial charge in [-0.1, -0.05) is 30.3 Å². The van der Waals surface area contributed by atoms with Gasteiger partial charge in [-0.25, -0.2) is 4.98 Å². The van der Waals surface area contributed by atoms with E-state index in [1.54, 1.807) is 6.33 Å². The number of carbonyl (C=O) groups excluding carboxylic acids is 2. The van der Waals surface area contributed by atoms with Crippen molar-refractivity contribution in [2.75, 3.05) is 0 Å². The van der Waals surface area contributed by atoms with Gasteiger partial charge in [0.1, 0.15) is 0 Å². The minimum atomic E-state index is -0.369. The zero-order valence-corrected chi connectivity index (χ0v) is 18.5. The molecule has 6 rings (SSSR count). The van der Waals surface area contributed by atoms with E-state index in [4.69, 9.17) is 0 Å². The van der Waals surface area contributed by atoms with E-state index in [-0.39, 0.29) is 11.8 Å². The Balaban J connectivity index is 1.61. The number of imidazole rings is 1. The molecule has 0 radical (unpaired) electrons. The summed E-state index contributed by atoms with van der Waals surface area (Å²) in [7, 11) is 5.85. The van der Waals surface area contributed by atoms with Crippen LogP contribution in [0.2, 0.25) is 0 Å². The lowest BCUT2D eigenvalue weighted by Crippen LogP contribution is -2.22. The first-order valence-electron chi connectivity index (χ1n) is 10.6. The summed E-state index contributed by atoms with van der Waals surface area (Å²) in [5, 5.41) is 4.38. The number of hydrogen-bond acceptors (Lipinski definition) is 3. The number of benzene rings is 2. The molecule has 1 N–H and O–H groups in total. The minimum absolute atomic E-state index is 0.366. The largest absolute Gasteiger partial charge is 0.350 e. The predicted molar refractivity (Wildman–Crippen MR) is 128 cm³/mol. The molecule has 0 fully saturated rings. The van der Waals surface area contributed by atoms with Crippen LogP contribution in [0.4, 0.5) is 0 Å². The van der Waals surface area contributed by atoms with Gasteiger partial charge in [0, 0.05) is 72.0 Å². The van der Waals surface area contributed by atoms with Crippen LogP contribution >= 0.6 is 0 Å². The van der Waals surface area contributed by atoms with E-state index < -0.39 is 0 Å². The second-order valence-corrected chi connectivity index (χ2v) is 8.48. The second kappa shape index (κ2) is 6.80. The van der Waals surface area contributed by atoms with Crippen molar-refractivity contribution in [3.05, 3.63) is 78.5 Å². The van der Waals surface area contributed by atoms with Crippen molar-refractivity contribution in [1.29, 1.82) is 0 Å². The number of para-hydroxylation sites is 1. The molecule has 4 heterocycles. The van der Waals surface area contributed by atoms with E-state index in [9.17, 15) is 9.59 Å². The summed E-state index contributed by atoms with van der Waals surface area (Å²) in [6.45, 7) is 0. The average Bonchev–Trinajstić information content (AvgIpc) is 3.53. The highest BCUT2D eigenvalue weighted by Crippen LogP contribution is 2.39. The SMILES string of the molecule is Cn1cncc1-c1ccc2c(C3=C(c4cn(C)c5ccccc45)C(=O)NC3=O)cn(C)c2c1. The average molecular weight is 435 g/mol. The Labute approximate surface area is 189 Å². The minimum Gasteiger partial charge on any atom is -0.350 e. The number of carbonyl (C=O) groups is 2. The molecule has 0 unspecified atom stereocenters. The Morgan fingerprint density at radius 1 is 0.758 bits per heavy atom. The summed E-state index contributed by atoms with van der Waals surface area (Å²) in [5.41, 5.74) is 6.35. The maximum absolute atomic E-state index is 13.0. The summed E-state index contributed by atoms with van der Waals surface area (Å²) in [4.78, 5) is 30.3. The maximum Gasteiger partial charge on any atom is 0.259 e. The molecule has 0 saturated heterocycles. The van der Waals surface area contributed by atoms with E-state index in [1.807, 2.05) is 89.8 Å². The van der Waals surface area contributed by atoms with Crippen molar-refractivity contribution >= 4 is 44.8 Å². The van der Waals surface area contributed by atoms with Gasteiger partial charge in [0.25, 0.3) is 11.8 Å². The van der Waals surface area contributed by atoms with Gasteiger partial charge in [-0.15, -0.1) is 0 Å². The van der Waals surface area contributed by atoms with Crippen molar-refractivity contribution < 1.29 is 9.59 Å². The third-order valence-electron chi connectivity index (χ3n) is 6.47. The van der Waals surface area contributed by atoms with E-state index in [2.05, 4.69) is 16.4 Å². The van der Waals surface area contributed by atoms with Gasteiger partial charge in [-0.3, -0.25) is 14.9 Å². The Morgan fingerprint density at radius 3 is 2.06 bits per heavy atom. The Hall–Kier alpha value is -4.39. The number of fused-ring (bicyclic) bond motifs is 2. The predicted octanol–water partition coefficient (Wildman–Crippen LogP) is 3.64. The lowest BCUT2D eigenvalue weighted by molar-refractivity contribution is -0.122. The summed E-state index contributed by atoms with van der Waals surface area (Å²) >= 11 is 0. The van der Waals surface area contributed by atoms with Crippen LogP contribution in [0.1, 0.15) is 11.1 Å². The standard InChI is InChI=1S/C26H21N5O2/c1-29-12-18(16-6-4-5-7-20(16)29)23-24(26(33)28-25(23)32)19-13-30(2)21-10-15(8-9-17(19)21)22-11-27-14-31(22)3/h4-14H,1-3H3,(H,28,32,33). The van der Waals surface area contributed by atoms with E-state index in [0.717, 1.165) is 44.2 Å². The van der Waals surface area contributed by atoms with Gasteiger partial charge in [0.2, 0.25) is 0 Å². The summed E-state index contributed by atoms with van der Waals surface area (Å²) < 4.78 is 5.94. The molecule has 3 aromatic heterocycles. The van der Waals surface area contributed by atoms with Gasteiger partial charge in [0.15, 0.2) is 0 Å². The molecule has 7 heteroatoms. The van der Waals surface area contributed by atoms with E-state index >= 15 is 0 Å². The normalized spacial score (nSPS) is 14.2. The van der Waals surface area contributed by atoms with Crippen LogP contribution in [0.3, 0.4) is 0 Å². The lowest BCUT2D eigenvalue weighted by Gasteiger charge is -2.05. The number of imide groups is 1. The van der Waals surface area contributed by atoms with Gasteiger partial charge in [-0.05, 0) is 12.1 Å². The number of aryl methyl sites for hydroxylation is 3. The summed E-state index contributed by atoms with van der Waals surface area (Å²) in [6, 6.07) is 14.0. The van der Waals surface area contributed by atoms with Crippen LogP contribution in [-0.2, 0) is 30.7 Å². The molecule has 0 atom stereocenters. The number of amides is 2. The van der Waals surface area contributed by atoms with Crippen molar-refractivity contribution in [3.63, 3.8) is 0 Å². The number of nitrogens with zero attached hydrogens (tertiary/aromatic N) is 4. The van der Waals surface area contributed by atoms with Crippen LogP contribution < -0.4 is 5.32 Å². The molecule has 5 aromatic rings. The molecule has 33 heavy (non-hydrogen) atoms. The Morgan fingerprint density at radius 2 is 1.39 bits per heavy atom. The molecule has 0 aliphatic carbocycles. The van der Waals surface area contributed by atoms with Crippen LogP contribution in [0.15, 0.2) is 67.4 Å². The first-order valence-corrected chi connectivity index (χ1v) is 10.6. The summed E-state index contributed by atoms with van der Waals surface area (Å²) in [6.07, 6.45) is 7.45. The first-order chi connectivity index (χ1) is 15.9. The topological polar surface area (TPSA) is 73.8 Å². The van der Waals surface area contributed by atoms with Gasteiger partial charge in [-0.2, -0.15) is 0 Å². The zero-order chi connectivity index (χ0) is 22.9. The van der Waals surface area contributed by atoms with Crippen LogP contribution in [-0.4, -0.2) is 30.5 Å². The number of nitrogens with one attached hydrogen (secondary N) is 1. The third-order valence-corrected chi connectivity index (χ3v) is 6.47. The number of hydrogen-bond donors (Lipinski definition) is 1. The van der Waals surface area contributed by atoms with Crippen molar-refractivity contribution in [3.8, 4) is 11.3 Å². The Bertz CT molecular complexity index is 1660. The highest BCUT2D eigenvalue weighted by atomic mass is 16.2. The van der Waals surface area contributed by atoms with Crippen LogP contribution in [0.5, 0.6) is 0 Å². The van der Waals surface area contributed by atoms with E-state index in [1.165, 1.54) is 0 Å². The fourth-order valence-corrected chi connectivity index (χ4v) is 4.89. The number of rotatable bonds is 3. The molecule has 0 bridgehead atoms. The molecule has 7 nitrogen and oxygen atoms in total. The van der Waals surface area contributed by atoms with Crippen LogP contribution in [0, 0.1) is 0 Å². The van der Waals surface area contributed by atoms with Gasteiger partial charge >= 0.3 is 0 Å². The molecule has 162 valence electrons. The first kappa shape index (κ1) is 19.3. The molecule has 2 aromatic carbocycles. The van der Waals surface area contributed by atoms with Crippen molar-refractivity contribution in [1.82, 2.24) is 24.0 Å². The fourth-order valence-electron chi connectivity index (χ4n) is 4.89. The van der Waals surface area contributed by atoms with E-state index in [0.29, 0.717) is 11.1 Å².